The van der Waals surface area contributed by atoms with Gasteiger partial charge >= 0.3 is 0 Å². The fraction of sp³-hybridized carbons (Fsp3) is 0.800. The Balaban J connectivity index is 1.36. The average Bonchev–Trinajstić information content (AvgIpc) is 3.07. The lowest BCUT2D eigenvalue weighted by Crippen LogP contribution is -2.51. The summed E-state index contributed by atoms with van der Waals surface area (Å²) in [6, 6.07) is 0. The van der Waals surface area contributed by atoms with E-state index in [1.807, 2.05) is 20.8 Å². The molecule has 10 heteroatoms. The number of ketones is 2. The van der Waals surface area contributed by atoms with Crippen LogP contribution < -0.4 is 10.6 Å². The van der Waals surface area contributed by atoms with Crippen LogP contribution in [0, 0.1) is 29.6 Å². The molecule has 0 saturated carbocycles. The molecule has 3 aliphatic heterocycles. The van der Waals surface area contributed by atoms with Gasteiger partial charge in [0.2, 0.25) is 11.8 Å². The first kappa shape index (κ1) is 42.0. The van der Waals surface area contributed by atoms with Gasteiger partial charge in [-0.1, -0.05) is 39.8 Å². The number of aliphatic hydroxyl groups is 1. The fourth-order valence-corrected chi connectivity index (χ4v) is 7.60. The van der Waals surface area contributed by atoms with E-state index in [1.54, 1.807) is 26.0 Å². The third kappa shape index (κ3) is 13.6. The standard InChI is InChI=1S/C40H66N2O8/c1-8-10-33(44)20-34-15-13-27(3)37(49-34)21-38(46)42-23-35(45)30(6)39(47)41-18-9-11-36-28(4)16-17-40(50-36)22-32(24-48-25-40)14-12-26(2)19-29(5)31(7)43/h8,10,19,26-28,30,32,34-37,45H,9,11-18,20-25H2,1-7H3,(H,41,47)(H,42,46)/b10-8+,29-19+. The molecule has 3 fully saturated rings. The molecule has 0 aromatic carbocycles. The smallest absolute Gasteiger partial charge is 0.225 e. The van der Waals surface area contributed by atoms with Crippen LogP contribution in [0.5, 0.6) is 0 Å². The zero-order valence-electron chi connectivity index (χ0n) is 31.8. The molecule has 0 aromatic heterocycles. The number of aliphatic hydroxyl groups excluding tert-OH is 1. The van der Waals surface area contributed by atoms with Crippen molar-refractivity contribution in [3.63, 3.8) is 0 Å². The number of Topliss-reactive ketones (excluding diaryl/α,β-unsaturated/α-hetero) is 1. The molecule has 10 unspecified atom stereocenters. The van der Waals surface area contributed by atoms with Crippen LogP contribution in [0.3, 0.4) is 0 Å². The Bertz CT molecular complexity index is 1190. The Morgan fingerprint density at radius 2 is 1.72 bits per heavy atom. The quantitative estimate of drug-likeness (QED) is 0.123. The van der Waals surface area contributed by atoms with Crippen molar-refractivity contribution in [2.24, 2.45) is 29.6 Å². The van der Waals surface area contributed by atoms with Crippen molar-refractivity contribution in [2.45, 2.75) is 149 Å². The van der Waals surface area contributed by atoms with E-state index in [2.05, 4.69) is 30.6 Å². The third-order valence-corrected chi connectivity index (χ3v) is 11.2. The Kier molecular flexibility index (Phi) is 17.3. The third-order valence-electron chi connectivity index (χ3n) is 11.2. The van der Waals surface area contributed by atoms with Gasteiger partial charge < -0.3 is 30.0 Å². The summed E-state index contributed by atoms with van der Waals surface area (Å²) >= 11 is 0. The van der Waals surface area contributed by atoms with Crippen molar-refractivity contribution in [1.29, 1.82) is 0 Å². The van der Waals surface area contributed by atoms with E-state index in [1.165, 1.54) is 0 Å². The minimum absolute atomic E-state index is 0.0211. The van der Waals surface area contributed by atoms with E-state index >= 15 is 0 Å². The second-order valence-corrected chi connectivity index (χ2v) is 15.7. The van der Waals surface area contributed by atoms with E-state index in [0.717, 1.165) is 70.0 Å². The highest BCUT2D eigenvalue weighted by atomic mass is 16.6. The number of amides is 2. The predicted molar refractivity (Wildman–Crippen MR) is 194 cm³/mol. The molecule has 3 N–H and O–H groups in total. The SMILES string of the molecule is C/C=C/C(=O)CC1CCC(C)C(CC(=O)NCC(O)C(C)C(=O)NCCCC2OC3(CCC2C)COCC(CCC(C)/C=C(\C)C(C)=O)C3)O1. The summed E-state index contributed by atoms with van der Waals surface area (Å²) < 4.78 is 19.0. The molecular formula is C40H66N2O8. The van der Waals surface area contributed by atoms with Crippen LogP contribution in [0.15, 0.2) is 23.8 Å². The van der Waals surface area contributed by atoms with Gasteiger partial charge in [-0.2, -0.15) is 0 Å². The average molecular weight is 703 g/mol. The predicted octanol–water partition coefficient (Wildman–Crippen LogP) is 5.65. The highest BCUT2D eigenvalue weighted by molar-refractivity contribution is 5.92. The number of carbonyl (C=O) groups excluding carboxylic acids is 4. The van der Waals surface area contributed by atoms with Crippen molar-refractivity contribution in [2.75, 3.05) is 26.3 Å². The summed E-state index contributed by atoms with van der Waals surface area (Å²) in [5, 5.41) is 16.4. The molecule has 10 nitrogen and oxygen atoms in total. The molecule has 3 rings (SSSR count). The van der Waals surface area contributed by atoms with Gasteiger partial charge in [0.25, 0.3) is 0 Å². The highest BCUT2D eigenvalue weighted by Gasteiger charge is 2.44. The highest BCUT2D eigenvalue weighted by Crippen LogP contribution is 2.42. The van der Waals surface area contributed by atoms with Crippen LogP contribution >= 0.6 is 0 Å². The Morgan fingerprint density at radius 3 is 2.44 bits per heavy atom. The van der Waals surface area contributed by atoms with Gasteiger partial charge in [-0.15, -0.1) is 0 Å². The summed E-state index contributed by atoms with van der Waals surface area (Å²) in [4.78, 5) is 49.2. The number of hydrogen-bond acceptors (Lipinski definition) is 8. The molecule has 284 valence electrons. The van der Waals surface area contributed by atoms with Gasteiger partial charge in [0, 0.05) is 26.1 Å². The van der Waals surface area contributed by atoms with Gasteiger partial charge in [-0.25, -0.2) is 0 Å². The topological polar surface area (TPSA) is 140 Å². The maximum Gasteiger partial charge on any atom is 0.225 e. The lowest BCUT2D eigenvalue weighted by molar-refractivity contribution is -0.211. The number of hydrogen-bond donors (Lipinski definition) is 3. The summed E-state index contributed by atoms with van der Waals surface area (Å²) in [5.74, 6) is 0.376. The first-order valence-electron chi connectivity index (χ1n) is 19.2. The van der Waals surface area contributed by atoms with E-state index in [9.17, 15) is 24.3 Å². The number of nitrogens with one attached hydrogen (secondary N) is 2. The van der Waals surface area contributed by atoms with Crippen molar-refractivity contribution >= 4 is 23.4 Å². The van der Waals surface area contributed by atoms with E-state index < -0.39 is 12.0 Å². The molecule has 3 saturated heterocycles. The van der Waals surface area contributed by atoms with Crippen LogP contribution in [-0.4, -0.2) is 84.8 Å². The Morgan fingerprint density at radius 1 is 0.980 bits per heavy atom. The van der Waals surface area contributed by atoms with Crippen molar-refractivity contribution in [1.82, 2.24) is 10.6 Å². The van der Waals surface area contributed by atoms with Crippen molar-refractivity contribution in [3.8, 4) is 0 Å². The summed E-state index contributed by atoms with van der Waals surface area (Å²) in [7, 11) is 0. The minimum Gasteiger partial charge on any atom is -0.390 e. The summed E-state index contributed by atoms with van der Waals surface area (Å²) in [5.41, 5.74) is 0.572. The number of ether oxygens (including phenoxy) is 3. The first-order valence-corrected chi connectivity index (χ1v) is 19.2. The van der Waals surface area contributed by atoms with Gasteiger partial charge in [-0.3, -0.25) is 19.2 Å². The lowest BCUT2D eigenvalue weighted by atomic mass is 9.77. The van der Waals surface area contributed by atoms with Crippen LogP contribution in [-0.2, 0) is 33.4 Å². The molecule has 3 aliphatic rings. The first-order chi connectivity index (χ1) is 23.7. The number of rotatable bonds is 18. The molecule has 10 atom stereocenters. The van der Waals surface area contributed by atoms with Crippen molar-refractivity contribution < 1.29 is 38.5 Å². The minimum atomic E-state index is -1.02. The van der Waals surface area contributed by atoms with E-state index in [-0.39, 0.29) is 66.2 Å². The fourth-order valence-electron chi connectivity index (χ4n) is 7.60. The molecule has 0 aromatic rings. The maximum atomic E-state index is 12.9. The summed E-state index contributed by atoms with van der Waals surface area (Å²) in [6.07, 6.45) is 12.8. The molecular weight excluding hydrogens is 636 g/mol. The zero-order valence-corrected chi connectivity index (χ0v) is 31.8. The maximum absolute atomic E-state index is 12.9. The van der Waals surface area contributed by atoms with Gasteiger partial charge in [0.15, 0.2) is 11.6 Å². The zero-order chi connectivity index (χ0) is 36.8. The van der Waals surface area contributed by atoms with Crippen LogP contribution in [0.4, 0.5) is 0 Å². The monoisotopic (exact) mass is 702 g/mol. The summed E-state index contributed by atoms with van der Waals surface area (Å²) in [6.45, 7) is 15.3. The van der Waals surface area contributed by atoms with Crippen LogP contribution in [0.25, 0.3) is 0 Å². The molecule has 0 radical (unpaired) electrons. The van der Waals surface area contributed by atoms with Gasteiger partial charge in [0.05, 0.1) is 49.0 Å². The number of allylic oxidation sites excluding steroid dienone is 4. The number of carbonyl (C=O) groups is 4. The lowest BCUT2D eigenvalue weighted by Gasteiger charge is -2.48. The van der Waals surface area contributed by atoms with Gasteiger partial charge in [-0.05, 0) is 114 Å². The molecule has 0 bridgehead atoms. The second kappa shape index (κ2) is 20.6. The molecule has 50 heavy (non-hydrogen) atoms. The molecule has 3 heterocycles. The normalized spacial score (nSPS) is 30.8. The van der Waals surface area contributed by atoms with Crippen LogP contribution in [0.2, 0.25) is 0 Å². The second-order valence-electron chi connectivity index (χ2n) is 15.7. The van der Waals surface area contributed by atoms with Crippen molar-refractivity contribution in [3.05, 3.63) is 23.8 Å². The molecule has 0 aliphatic carbocycles. The Hall–Kier alpha value is -2.40. The molecule has 1 spiro atoms. The van der Waals surface area contributed by atoms with Gasteiger partial charge in [0.1, 0.15) is 0 Å². The van der Waals surface area contributed by atoms with E-state index in [0.29, 0.717) is 37.3 Å². The molecule has 2 amide bonds. The largest absolute Gasteiger partial charge is 0.390 e. The Labute approximate surface area is 300 Å². The van der Waals surface area contributed by atoms with E-state index in [4.69, 9.17) is 14.2 Å². The van der Waals surface area contributed by atoms with Crippen LogP contribution in [0.1, 0.15) is 119 Å².